The zero-order valence-corrected chi connectivity index (χ0v) is 14.0. The van der Waals surface area contributed by atoms with Gasteiger partial charge in [-0.3, -0.25) is 0 Å². The van der Waals surface area contributed by atoms with Gasteiger partial charge in [-0.05, 0) is 37.3 Å². The molecule has 0 radical (unpaired) electrons. The van der Waals surface area contributed by atoms with Crippen LogP contribution in [0.3, 0.4) is 0 Å². The van der Waals surface area contributed by atoms with Gasteiger partial charge in [-0.25, -0.2) is 4.98 Å². The van der Waals surface area contributed by atoms with E-state index in [-0.39, 0.29) is 0 Å². The summed E-state index contributed by atoms with van der Waals surface area (Å²) in [5.74, 6) is 1.69. The van der Waals surface area contributed by atoms with Gasteiger partial charge >= 0.3 is 0 Å². The third kappa shape index (κ3) is 3.66. The Kier molecular flexibility index (Phi) is 4.84. The quantitative estimate of drug-likeness (QED) is 0.679. The van der Waals surface area contributed by atoms with Gasteiger partial charge in [0.2, 0.25) is 0 Å². The zero-order valence-electron chi connectivity index (χ0n) is 13.3. The Morgan fingerprint density at radius 2 is 1.91 bits per heavy atom. The maximum Gasteiger partial charge on any atom is 0.148 e. The van der Waals surface area contributed by atoms with Crippen LogP contribution in [0.1, 0.15) is 11.4 Å². The third-order valence-corrected chi connectivity index (χ3v) is 3.93. The van der Waals surface area contributed by atoms with Crippen molar-refractivity contribution < 1.29 is 9.47 Å². The van der Waals surface area contributed by atoms with Crippen LogP contribution in [0.4, 0.5) is 0 Å². The summed E-state index contributed by atoms with van der Waals surface area (Å²) in [5, 5.41) is 0.680. The molecule has 0 amide bonds. The number of methoxy groups -OCH3 is 1. The molecule has 0 saturated heterocycles. The Balaban J connectivity index is 1.87. The molecule has 0 aliphatic rings. The van der Waals surface area contributed by atoms with E-state index in [0.717, 1.165) is 29.2 Å². The second kappa shape index (κ2) is 7.02. The number of hydrogen-bond acceptors (Lipinski definition) is 3. The number of halogens is 1. The number of aromatic nitrogens is 2. The van der Waals surface area contributed by atoms with Gasteiger partial charge in [0, 0.05) is 18.7 Å². The van der Waals surface area contributed by atoms with Gasteiger partial charge in [0.15, 0.2) is 0 Å². The molecule has 1 heterocycles. The molecule has 3 aromatic rings. The summed E-state index contributed by atoms with van der Waals surface area (Å²) in [6.45, 7) is 3.80. The molecule has 1 aromatic heterocycles. The molecule has 0 N–H and O–H groups in total. The van der Waals surface area contributed by atoms with Crippen molar-refractivity contribution >= 4 is 22.6 Å². The Bertz CT molecular complexity index is 797. The summed E-state index contributed by atoms with van der Waals surface area (Å²) in [6.07, 6.45) is 0. The molecule has 0 bridgehead atoms. The molecule has 4 nitrogen and oxygen atoms in total. The monoisotopic (exact) mass is 330 g/mol. The smallest absolute Gasteiger partial charge is 0.148 e. The van der Waals surface area contributed by atoms with Crippen molar-refractivity contribution in [2.45, 2.75) is 20.1 Å². The minimum Gasteiger partial charge on any atom is -0.486 e. The molecule has 5 heteroatoms. The van der Waals surface area contributed by atoms with E-state index in [9.17, 15) is 0 Å². The predicted molar refractivity (Wildman–Crippen MR) is 92.1 cm³/mol. The molecule has 0 unspecified atom stereocenters. The first-order valence-corrected chi connectivity index (χ1v) is 7.88. The first-order valence-electron chi connectivity index (χ1n) is 7.50. The molecule has 0 atom stereocenters. The third-order valence-electron chi connectivity index (χ3n) is 3.70. The summed E-state index contributed by atoms with van der Waals surface area (Å²) in [4.78, 5) is 4.66. The first kappa shape index (κ1) is 15.8. The van der Waals surface area contributed by atoms with Crippen molar-refractivity contribution in [3.8, 4) is 5.75 Å². The number of imidazole rings is 1. The van der Waals surface area contributed by atoms with Crippen LogP contribution in [0.25, 0.3) is 11.0 Å². The van der Waals surface area contributed by atoms with Gasteiger partial charge in [-0.2, -0.15) is 0 Å². The number of benzene rings is 2. The van der Waals surface area contributed by atoms with E-state index in [1.807, 2.05) is 42.5 Å². The minimum absolute atomic E-state index is 0.402. The van der Waals surface area contributed by atoms with E-state index < -0.39 is 0 Å². The van der Waals surface area contributed by atoms with Crippen LogP contribution in [0, 0.1) is 6.92 Å². The normalized spacial score (nSPS) is 11.1. The summed E-state index contributed by atoms with van der Waals surface area (Å²) < 4.78 is 13.2. The minimum atomic E-state index is 0.402. The van der Waals surface area contributed by atoms with Crippen LogP contribution < -0.4 is 4.74 Å². The molecule has 23 heavy (non-hydrogen) atoms. The highest BCUT2D eigenvalue weighted by Gasteiger charge is 2.11. The van der Waals surface area contributed by atoms with Gasteiger partial charge in [-0.1, -0.05) is 29.3 Å². The maximum atomic E-state index is 6.07. The largest absolute Gasteiger partial charge is 0.486 e. The van der Waals surface area contributed by atoms with Crippen LogP contribution in [-0.4, -0.2) is 23.3 Å². The molecule has 0 aliphatic carbocycles. The fourth-order valence-corrected chi connectivity index (χ4v) is 2.64. The SMILES string of the molecule is COCCn1c(COc2ccc(C)cc2)nc2cc(Cl)ccc21. The van der Waals surface area contributed by atoms with E-state index in [0.29, 0.717) is 18.2 Å². The Labute approximate surface area is 140 Å². The van der Waals surface area contributed by atoms with Crippen molar-refractivity contribution in [3.63, 3.8) is 0 Å². The highest BCUT2D eigenvalue weighted by atomic mass is 35.5. The Morgan fingerprint density at radius 1 is 1.13 bits per heavy atom. The lowest BCUT2D eigenvalue weighted by atomic mass is 10.2. The van der Waals surface area contributed by atoms with E-state index in [4.69, 9.17) is 21.1 Å². The second-order valence-electron chi connectivity index (χ2n) is 5.41. The molecular formula is C18H19ClN2O2. The van der Waals surface area contributed by atoms with E-state index >= 15 is 0 Å². The van der Waals surface area contributed by atoms with Crippen molar-refractivity contribution in [2.24, 2.45) is 0 Å². The predicted octanol–water partition coefficient (Wildman–Crippen LogP) is 4.22. The van der Waals surface area contributed by atoms with Gasteiger partial charge in [-0.15, -0.1) is 0 Å². The lowest BCUT2D eigenvalue weighted by Gasteiger charge is -2.10. The number of ether oxygens (including phenoxy) is 2. The summed E-state index contributed by atoms with van der Waals surface area (Å²) in [6, 6.07) is 13.7. The molecule has 0 saturated carbocycles. The average Bonchev–Trinajstić information content (AvgIpc) is 2.89. The van der Waals surface area contributed by atoms with Gasteiger partial charge < -0.3 is 14.0 Å². The number of rotatable bonds is 6. The molecular weight excluding hydrogens is 312 g/mol. The van der Waals surface area contributed by atoms with Crippen LogP contribution in [-0.2, 0) is 17.9 Å². The number of aryl methyl sites for hydroxylation is 1. The first-order chi connectivity index (χ1) is 11.2. The van der Waals surface area contributed by atoms with E-state index in [2.05, 4.69) is 16.5 Å². The lowest BCUT2D eigenvalue weighted by Crippen LogP contribution is -2.10. The molecule has 0 aliphatic heterocycles. The van der Waals surface area contributed by atoms with Crippen molar-refractivity contribution in [1.29, 1.82) is 0 Å². The Morgan fingerprint density at radius 3 is 2.65 bits per heavy atom. The summed E-state index contributed by atoms with van der Waals surface area (Å²) in [7, 11) is 1.69. The van der Waals surface area contributed by atoms with Crippen molar-refractivity contribution in [1.82, 2.24) is 9.55 Å². The molecule has 0 fully saturated rings. The number of hydrogen-bond donors (Lipinski definition) is 0. The van der Waals surface area contributed by atoms with Gasteiger partial charge in [0.25, 0.3) is 0 Å². The topological polar surface area (TPSA) is 36.3 Å². The van der Waals surface area contributed by atoms with Gasteiger partial charge in [0.05, 0.1) is 17.6 Å². The van der Waals surface area contributed by atoms with Crippen LogP contribution in [0.5, 0.6) is 5.75 Å². The summed E-state index contributed by atoms with van der Waals surface area (Å²) in [5.41, 5.74) is 3.12. The van der Waals surface area contributed by atoms with E-state index in [1.165, 1.54) is 5.56 Å². The maximum absolute atomic E-state index is 6.07. The lowest BCUT2D eigenvalue weighted by molar-refractivity contribution is 0.185. The number of fused-ring (bicyclic) bond motifs is 1. The molecule has 120 valence electrons. The summed E-state index contributed by atoms with van der Waals surface area (Å²) >= 11 is 6.07. The highest BCUT2D eigenvalue weighted by Crippen LogP contribution is 2.22. The van der Waals surface area contributed by atoms with Crippen LogP contribution in [0.2, 0.25) is 5.02 Å². The fourth-order valence-electron chi connectivity index (χ4n) is 2.48. The van der Waals surface area contributed by atoms with E-state index in [1.54, 1.807) is 7.11 Å². The average molecular weight is 331 g/mol. The Hall–Kier alpha value is -2.04. The highest BCUT2D eigenvalue weighted by molar-refractivity contribution is 6.31. The van der Waals surface area contributed by atoms with Crippen LogP contribution in [0.15, 0.2) is 42.5 Å². The van der Waals surface area contributed by atoms with Crippen LogP contribution >= 0.6 is 11.6 Å². The van der Waals surface area contributed by atoms with Crippen molar-refractivity contribution in [2.75, 3.05) is 13.7 Å². The fraction of sp³-hybridized carbons (Fsp3) is 0.278. The standard InChI is InChI=1S/C18H19ClN2O2/c1-13-3-6-15(7-4-13)23-12-18-20-16-11-14(19)5-8-17(16)21(18)9-10-22-2/h3-8,11H,9-10,12H2,1-2H3. The number of nitrogens with zero attached hydrogens (tertiary/aromatic N) is 2. The zero-order chi connectivity index (χ0) is 16.2. The second-order valence-corrected chi connectivity index (χ2v) is 5.84. The van der Waals surface area contributed by atoms with Gasteiger partial charge in [0.1, 0.15) is 18.2 Å². The molecule has 3 rings (SSSR count). The van der Waals surface area contributed by atoms with Crippen molar-refractivity contribution in [3.05, 3.63) is 58.9 Å². The molecule has 0 spiro atoms. The molecule has 2 aromatic carbocycles.